The van der Waals surface area contributed by atoms with Gasteiger partial charge in [-0.25, -0.2) is 4.98 Å². The van der Waals surface area contributed by atoms with Crippen LogP contribution in [0, 0.1) is 0 Å². The zero-order valence-corrected chi connectivity index (χ0v) is 8.95. The van der Waals surface area contributed by atoms with Crippen molar-refractivity contribution < 1.29 is 4.79 Å². The van der Waals surface area contributed by atoms with Crippen LogP contribution in [-0.2, 0) is 4.79 Å². The molecule has 0 aromatic carbocycles. The summed E-state index contributed by atoms with van der Waals surface area (Å²) in [6.07, 6.45) is 1.63. The first-order valence-corrected chi connectivity index (χ1v) is 4.66. The number of amides is 1. The maximum atomic E-state index is 11.6. The molecule has 0 saturated heterocycles. The molecule has 0 radical (unpaired) electrons. The zero-order valence-electron chi connectivity index (χ0n) is 7.36. The lowest BCUT2D eigenvalue weighted by Crippen LogP contribution is -2.26. The second kappa shape index (κ2) is 3.06. The highest BCUT2D eigenvalue weighted by Gasteiger charge is 2.32. The van der Waals surface area contributed by atoms with Crippen molar-refractivity contribution in [3.8, 4) is 0 Å². The van der Waals surface area contributed by atoms with Crippen LogP contribution in [0.4, 0.5) is 5.82 Å². The van der Waals surface area contributed by atoms with E-state index in [0.29, 0.717) is 11.4 Å². The molecule has 0 aliphatic carbocycles. The molecule has 0 spiro atoms. The Morgan fingerprint density at radius 3 is 3.00 bits per heavy atom. The topological polar surface area (TPSA) is 71.6 Å². The first-order chi connectivity index (χ1) is 6.65. The van der Waals surface area contributed by atoms with E-state index in [9.17, 15) is 4.79 Å². The van der Waals surface area contributed by atoms with Crippen molar-refractivity contribution in [3.05, 3.63) is 22.3 Å². The highest BCUT2D eigenvalue weighted by molar-refractivity contribution is 9.10. The van der Waals surface area contributed by atoms with Crippen LogP contribution < -0.4 is 10.7 Å². The minimum Gasteiger partial charge on any atom is -0.322 e. The van der Waals surface area contributed by atoms with Crippen molar-refractivity contribution in [1.82, 2.24) is 4.98 Å². The number of hydrogen-bond donors (Lipinski definition) is 1. The third-order valence-corrected chi connectivity index (χ3v) is 2.48. The van der Waals surface area contributed by atoms with Crippen LogP contribution in [-0.4, -0.2) is 23.7 Å². The normalized spacial score (nSPS) is 17.7. The minimum absolute atomic E-state index is 0.229. The van der Waals surface area contributed by atoms with E-state index in [1.165, 1.54) is 4.90 Å². The Bertz CT molecular complexity index is 443. The van der Waals surface area contributed by atoms with Gasteiger partial charge in [-0.3, -0.25) is 9.69 Å². The van der Waals surface area contributed by atoms with E-state index in [-0.39, 0.29) is 11.6 Å². The van der Waals surface area contributed by atoms with Crippen molar-refractivity contribution in [2.24, 2.45) is 10.9 Å². The standard InChI is InChI=1S/C8H7BrN4O/c1-13-7-5(2-4(9)3-11-7)6(12-10)8(13)14/h2-3H,10H2,1H3/b12-6-. The van der Waals surface area contributed by atoms with Gasteiger partial charge in [0.25, 0.3) is 5.91 Å². The van der Waals surface area contributed by atoms with Crippen LogP contribution in [0.25, 0.3) is 0 Å². The fraction of sp³-hybridized carbons (Fsp3) is 0.125. The number of rotatable bonds is 0. The molecule has 0 fully saturated rings. The number of halogens is 1. The smallest absolute Gasteiger partial charge is 0.280 e. The molecule has 5 nitrogen and oxygen atoms in total. The van der Waals surface area contributed by atoms with E-state index in [1.807, 2.05) is 0 Å². The van der Waals surface area contributed by atoms with E-state index < -0.39 is 0 Å². The largest absolute Gasteiger partial charge is 0.322 e. The van der Waals surface area contributed by atoms with Crippen LogP contribution in [0.2, 0.25) is 0 Å². The van der Waals surface area contributed by atoms with Gasteiger partial charge in [0, 0.05) is 17.7 Å². The molecular weight excluding hydrogens is 248 g/mol. The third-order valence-electron chi connectivity index (χ3n) is 2.04. The number of hydrogen-bond acceptors (Lipinski definition) is 4. The molecule has 0 bridgehead atoms. The predicted molar refractivity (Wildman–Crippen MR) is 56.1 cm³/mol. The van der Waals surface area contributed by atoms with E-state index in [1.54, 1.807) is 19.3 Å². The number of pyridine rings is 1. The number of nitrogens with two attached hydrogens (primary N) is 1. The van der Waals surface area contributed by atoms with E-state index in [4.69, 9.17) is 5.84 Å². The fourth-order valence-corrected chi connectivity index (χ4v) is 1.70. The van der Waals surface area contributed by atoms with E-state index in [2.05, 4.69) is 26.0 Å². The number of anilines is 1. The lowest BCUT2D eigenvalue weighted by molar-refractivity contribution is -0.112. The molecule has 2 rings (SSSR count). The molecule has 1 aliphatic rings. The first-order valence-electron chi connectivity index (χ1n) is 3.87. The Hall–Kier alpha value is -1.43. The number of fused-ring (bicyclic) bond motifs is 1. The van der Waals surface area contributed by atoms with Gasteiger partial charge in [-0.1, -0.05) is 0 Å². The second-order valence-electron chi connectivity index (χ2n) is 2.87. The Balaban J connectivity index is 2.68. The molecule has 1 aliphatic heterocycles. The van der Waals surface area contributed by atoms with Gasteiger partial charge < -0.3 is 5.84 Å². The van der Waals surface area contributed by atoms with Gasteiger partial charge in [0.05, 0.1) is 5.56 Å². The molecule has 1 aromatic rings. The van der Waals surface area contributed by atoms with Gasteiger partial charge in [-0.05, 0) is 22.0 Å². The van der Waals surface area contributed by atoms with Crippen LogP contribution in [0.5, 0.6) is 0 Å². The van der Waals surface area contributed by atoms with Gasteiger partial charge in [0.2, 0.25) is 0 Å². The van der Waals surface area contributed by atoms with Crippen LogP contribution >= 0.6 is 15.9 Å². The van der Waals surface area contributed by atoms with Crippen molar-refractivity contribution in [2.45, 2.75) is 0 Å². The maximum absolute atomic E-state index is 11.6. The molecule has 0 unspecified atom stereocenters. The molecule has 0 atom stereocenters. The first kappa shape index (κ1) is 9.14. The van der Waals surface area contributed by atoms with Crippen LogP contribution in [0.15, 0.2) is 21.8 Å². The molecule has 1 aromatic heterocycles. The Morgan fingerprint density at radius 1 is 1.64 bits per heavy atom. The van der Waals surface area contributed by atoms with Gasteiger partial charge in [0.15, 0.2) is 5.71 Å². The van der Waals surface area contributed by atoms with Crippen molar-refractivity contribution in [3.63, 3.8) is 0 Å². The van der Waals surface area contributed by atoms with Crippen molar-refractivity contribution in [1.29, 1.82) is 0 Å². The Morgan fingerprint density at radius 2 is 2.36 bits per heavy atom. The summed E-state index contributed by atoms with van der Waals surface area (Å²) in [5, 5.41) is 3.47. The summed E-state index contributed by atoms with van der Waals surface area (Å²) in [7, 11) is 1.64. The number of carbonyl (C=O) groups is 1. The summed E-state index contributed by atoms with van der Waals surface area (Å²) in [5.74, 6) is 5.51. The molecular formula is C8H7BrN4O. The Labute approximate surface area is 88.7 Å². The molecule has 6 heteroatoms. The predicted octanol–water partition coefficient (Wildman–Crippen LogP) is 0.483. The Kier molecular flexibility index (Phi) is 1.99. The summed E-state index contributed by atoms with van der Waals surface area (Å²) >= 11 is 3.27. The van der Waals surface area contributed by atoms with E-state index in [0.717, 1.165) is 4.47 Å². The SMILES string of the molecule is CN1C(=O)/C(=N\N)c2cc(Br)cnc21. The number of carbonyl (C=O) groups excluding carboxylic acids is 1. The summed E-state index contributed by atoms with van der Waals surface area (Å²) in [4.78, 5) is 17.1. The summed E-state index contributed by atoms with van der Waals surface area (Å²) in [6, 6.07) is 1.77. The average molecular weight is 255 g/mol. The number of likely N-dealkylation sites (N-methyl/N-ethyl adjacent to an activating group) is 1. The lowest BCUT2D eigenvalue weighted by Gasteiger charge is -2.06. The van der Waals surface area contributed by atoms with Gasteiger partial charge in [-0.2, -0.15) is 5.10 Å². The monoisotopic (exact) mass is 254 g/mol. The maximum Gasteiger partial charge on any atom is 0.280 e. The van der Waals surface area contributed by atoms with E-state index >= 15 is 0 Å². The highest BCUT2D eigenvalue weighted by Crippen LogP contribution is 2.27. The molecule has 72 valence electrons. The van der Waals surface area contributed by atoms with Gasteiger partial charge >= 0.3 is 0 Å². The molecule has 2 N–H and O–H groups in total. The quantitative estimate of drug-likeness (QED) is 0.541. The number of aromatic nitrogens is 1. The molecule has 1 amide bonds. The number of hydrazone groups is 1. The zero-order chi connectivity index (χ0) is 10.3. The van der Waals surface area contributed by atoms with Crippen molar-refractivity contribution >= 4 is 33.4 Å². The minimum atomic E-state index is -0.229. The van der Waals surface area contributed by atoms with Crippen LogP contribution in [0.3, 0.4) is 0 Å². The molecule has 0 saturated carbocycles. The van der Waals surface area contributed by atoms with Gasteiger partial charge in [-0.15, -0.1) is 0 Å². The fourth-order valence-electron chi connectivity index (χ4n) is 1.37. The average Bonchev–Trinajstić information content (AvgIpc) is 2.39. The summed E-state index contributed by atoms with van der Waals surface area (Å²) in [6.45, 7) is 0. The second-order valence-corrected chi connectivity index (χ2v) is 3.78. The highest BCUT2D eigenvalue weighted by atomic mass is 79.9. The lowest BCUT2D eigenvalue weighted by atomic mass is 10.2. The summed E-state index contributed by atoms with van der Waals surface area (Å²) in [5.41, 5.74) is 0.908. The van der Waals surface area contributed by atoms with Crippen molar-refractivity contribution in [2.75, 3.05) is 11.9 Å². The molecule has 2 heterocycles. The number of nitrogens with zero attached hydrogens (tertiary/aromatic N) is 3. The third kappa shape index (κ3) is 1.11. The summed E-state index contributed by atoms with van der Waals surface area (Å²) < 4.78 is 0.792. The van der Waals surface area contributed by atoms with Gasteiger partial charge in [0.1, 0.15) is 5.82 Å². The molecule has 14 heavy (non-hydrogen) atoms. The van der Waals surface area contributed by atoms with Crippen LogP contribution in [0.1, 0.15) is 5.56 Å².